The monoisotopic (exact) mass is 450 g/mol. The maximum absolute atomic E-state index is 13.0. The number of carbonyl (C=O) groups excluding carboxylic acids is 2. The van der Waals surface area contributed by atoms with Gasteiger partial charge in [0.15, 0.2) is 0 Å². The van der Waals surface area contributed by atoms with Crippen LogP contribution in [-0.4, -0.2) is 90.5 Å². The summed E-state index contributed by atoms with van der Waals surface area (Å²) >= 11 is 0. The van der Waals surface area contributed by atoms with Crippen molar-refractivity contribution in [1.82, 2.24) is 25.1 Å². The lowest BCUT2D eigenvalue weighted by Gasteiger charge is -2.38. The maximum atomic E-state index is 13.0. The van der Waals surface area contributed by atoms with Crippen molar-refractivity contribution >= 4 is 23.7 Å². The molecule has 1 atom stereocenters. The predicted octanol–water partition coefficient (Wildman–Crippen LogP) is 1.04. The fourth-order valence-electron chi connectivity index (χ4n) is 4.26. The molecule has 2 saturated heterocycles. The van der Waals surface area contributed by atoms with Gasteiger partial charge in [-0.25, -0.2) is 4.98 Å². The van der Waals surface area contributed by atoms with Crippen LogP contribution in [0.5, 0.6) is 5.75 Å². The largest absolute Gasteiger partial charge is 0.496 e. The van der Waals surface area contributed by atoms with Crippen LogP contribution < -0.4 is 15.0 Å². The molecule has 2 aliphatic rings. The van der Waals surface area contributed by atoms with Crippen molar-refractivity contribution in [3.63, 3.8) is 0 Å². The molecule has 1 aromatic carbocycles. The number of anilines is 1. The minimum atomic E-state index is -0.466. The van der Waals surface area contributed by atoms with Gasteiger partial charge in [0.1, 0.15) is 11.6 Å². The number of carbonyl (C=O) groups is 2. The van der Waals surface area contributed by atoms with Crippen LogP contribution in [0, 0.1) is 0 Å². The zero-order chi connectivity index (χ0) is 23.0. The Labute approximate surface area is 194 Å². The van der Waals surface area contributed by atoms with Crippen LogP contribution in [0.15, 0.2) is 48.9 Å². The standard InChI is InChI=1S/C24H30N6O3/c1-33-21-7-3-2-5-19(21)6-4-11-28-12-10-27-24(32)20(28)17-23(31)30-15-13-29(14-16-30)22-18-25-8-9-26-22/h2-9,18,20H,10-17H2,1H3,(H,27,32). The normalized spacial score (nSPS) is 19.5. The summed E-state index contributed by atoms with van der Waals surface area (Å²) in [4.78, 5) is 40.1. The molecule has 174 valence electrons. The Balaban J connectivity index is 1.33. The second kappa shape index (κ2) is 10.9. The first-order chi connectivity index (χ1) is 16.2. The summed E-state index contributed by atoms with van der Waals surface area (Å²) in [5, 5.41) is 2.91. The second-order valence-electron chi connectivity index (χ2n) is 8.08. The molecule has 2 aliphatic heterocycles. The number of rotatable bonds is 7. The van der Waals surface area contributed by atoms with Gasteiger partial charge in [0.25, 0.3) is 0 Å². The molecule has 2 aromatic rings. The number of nitrogens with one attached hydrogen (secondary N) is 1. The van der Waals surface area contributed by atoms with Crippen LogP contribution in [0.2, 0.25) is 0 Å². The Morgan fingerprint density at radius 1 is 1.18 bits per heavy atom. The highest BCUT2D eigenvalue weighted by Crippen LogP contribution is 2.19. The third-order valence-electron chi connectivity index (χ3n) is 6.09. The van der Waals surface area contributed by atoms with Crippen molar-refractivity contribution in [2.75, 3.05) is 57.8 Å². The van der Waals surface area contributed by atoms with Gasteiger partial charge in [-0.15, -0.1) is 0 Å². The third kappa shape index (κ3) is 5.67. The number of piperazine rings is 2. The topological polar surface area (TPSA) is 90.9 Å². The zero-order valence-electron chi connectivity index (χ0n) is 18.9. The first-order valence-corrected chi connectivity index (χ1v) is 11.3. The number of benzene rings is 1. The number of amides is 2. The molecular formula is C24H30N6O3. The van der Waals surface area contributed by atoms with Crippen LogP contribution in [0.1, 0.15) is 12.0 Å². The van der Waals surface area contributed by atoms with Crippen molar-refractivity contribution in [3.8, 4) is 5.75 Å². The van der Waals surface area contributed by atoms with Crippen molar-refractivity contribution in [2.24, 2.45) is 0 Å². The Morgan fingerprint density at radius 2 is 2.00 bits per heavy atom. The number of ether oxygens (including phenoxy) is 1. The SMILES string of the molecule is COc1ccccc1C=CCN1CCNC(=O)C1CC(=O)N1CCN(c2cnccn2)CC1. The summed E-state index contributed by atoms with van der Waals surface area (Å²) in [5.74, 6) is 1.55. The molecule has 2 fully saturated rings. The third-order valence-corrected chi connectivity index (χ3v) is 6.09. The quantitative estimate of drug-likeness (QED) is 0.674. The second-order valence-corrected chi connectivity index (χ2v) is 8.08. The lowest BCUT2D eigenvalue weighted by molar-refractivity contribution is -0.138. The number of hydrogen-bond acceptors (Lipinski definition) is 7. The first-order valence-electron chi connectivity index (χ1n) is 11.3. The highest BCUT2D eigenvalue weighted by atomic mass is 16.5. The van der Waals surface area contributed by atoms with Gasteiger partial charge < -0.3 is 19.9 Å². The minimum absolute atomic E-state index is 0.00885. The van der Waals surface area contributed by atoms with Gasteiger partial charge in [0, 0.05) is 63.8 Å². The molecule has 0 radical (unpaired) electrons. The van der Waals surface area contributed by atoms with Gasteiger partial charge in [-0.2, -0.15) is 0 Å². The van der Waals surface area contributed by atoms with Gasteiger partial charge >= 0.3 is 0 Å². The van der Waals surface area contributed by atoms with E-state index in [0.717, 1.165) is 17.1 Å². The molecule has 0 bridgehead atoms. The highest BCUT2D eigenvalue weighted by Gasteiger charge is 2.33. The van der Waals surface area contributed by atoms with E-state index in [4.69, 9.17) is 4.74 Å². The molecule has 1 unspecified atom stereocenters. The van der Waals surface area contributed by atoms with Crippen LogP contribution in [0.25, 0.3) is 6.08 Å². The fourth-order valence-corrected chi connectivity index (χ4v) is 4.26. The summed E-state index contributed by atoms with van der Waals surface area (Å²) < 4.78 is 5.39. The number of aromatic nitrogens is 2. The number of para-hydroxylation sites is 1. The van der Waals surface area contributed by atoms with Crippen molar-refractivity contribution in [2.45, 2.75) is 12.5 Å². The van der Waals surface area contributed by atoms with Crippen LogP contribution in [0.4, 0.5) is 5.82 Å². The van der Waals surface area contributed by atoms with Gasteiger partial charge in [0.05, 0.1) is 25.8 Å². The number of nitrogens with zero attached hydrogens (tertiary/aromatic N) is 5. The Morgan fingerprint density at radius 3 is 2.76 bits per heavy atom. The molecule has 0 saturated carbocycles. The fraction of sp³-hybridized carbons (Fsp3) is 0.417. The summed E-state index contributed by atoms with van der Waals surface area (Å²) in [7, 11) is 1.65. The molecular weight excluding hydrogens is 420 g/mol. The summed E-state index contributed by atoms with van der Waals surface area (Å²) in [6, 6.07) is 7.33. The molecule has 3 heterocycles. The van der Waals surface area contributed by atoms with Gasteiger partial charge in [-0.1, -0.05) is 30.4 Å². The van der Waals surface area contributed by atoms with Crippen LogP contribution in [-0.2, 0) is 9.59 Å². The molecule has 0 aliphatic carbocycles. The predicted molar refractivity (Wildman–Crippen MR) is 126 cm³/mol. The van der Waals surface area contributed by atoms with E-state index in [1.54, 1.807) is 25.7 Å². The summed E-state index contributed by atoms with van der Waals surface area (Å²) in [5.41, 5.74) is 0.982. The van der Waals surface area contributed by atoms with Crippen molar-refractivity contribution < 1.29 is 14.3 Å². The Bertz CT molecular complexity index is 975. The van der Waals surface area contributed by atoms with E-state index in [9.17, 15) is 9.59 Å². The van der Waals surface area contributed by atoms with Crippen LogP contribution >= 0.6 is 0 Å². The minimum Gasteiger partial charge on any atom is -0.496 e. The first kappa shape index (κ1) is 22.7. The maximum Gasteiger partial charge on any atom is 0.237 e. The molecule has 1 aromatic heterocycles. The van der Waals surface area contributed by atoms with E-state index < -0.39 is 6.04 Å². The lowest BCUT2D eigenvalue weighted by Crippen LogP contribution is -2.57. The van der Waals surface area contributed by atoms with E-state index in [2.05, 4.69) is 25.1 Å². The van der Waals surface area contributed by atoms with E-state index in [-0.39, 0.29) is 18.2 Å². The molecule has 2 amide bonds. The van der Waals surface area contributed by atoms with Gasteiger partial charge in [-0.05, 0) is 6.07 Å². The molecule has 4 rings (SSSR count). The average Bonchev–Trinajstić information content (AvgIpc) is 2.87. The van der Waals surface area contributed by atoms with E-state index in [1.807, 2.05) is 41.3 Å². The molecule has 0 spiro atoms. The number of methoxy groups -OCH3 is 1. The number of hydrogen-bond donors (Lipinski definition) is 1. The lowest BCUT2D eigenvalue weighted by atomic mass is 10.1. The van der Waals surface area contributed by atoms with E-state index >= 15 is 0 Å². The molecule has 9 nitrogen and oxygen atoms in total. The Kier molecular flexibility index (Phi) is 7.51. The smallest absolute Gasteiger partial charge is 0.237 e. The summed E-state index contributed by atoms with van der Waals surface area (Å²) in [6.45, 7) is 4.50. The van der Waals surface area contributed by atoms with E-state index in [1.165, 1.54) is 0 Å². The average molecular weight is 451 g/mol. The van der Waals surface area contributed by atoms with Gasteiger partial charge in [-0.3, -0.25) is 19.5 Å². The summed E-state index contributed by atoms with van der Waals surface area (Å²) in [6.07, 6.45) is 9.25. The molecule has 9 heteroatoms. The van der Waals surface area contributed by atoms with Crippen LogP contribution in [0.3, 0.4) is 0 Å². The highest BCUT2D eigenvalue weighted by molar-refractivity contribution is 5.89. The van der Waals surface area contributed by atoms with Crippen molar-refractivity contribution in [3.05, 3.63) is 54.5 Å². The van der Waals surface area contributed by atoms with Crippen molar-refractivity contribution in [1.29, 1.82) is 0 Å². The Hall–Kier alpha value is -3.46. The zero-order valence-corrected chi connectivity index (χ0v) is 18.9. The van der Waals surface area contributed by atoms with E-state index in [0.29, 0.717) is 45.8 Å². The van der Waals surface area contributed by atoms with Gasteiger partial charge in [0.2, 0.25) is 11.8 Å². The molecule has 33 heavy (non-hydrogen) atoms. The molecule has 1 N–H and O–H groups in total.